The molecule has 4 rings (SSSR count). The van der Waals surface area contributed by atoms with Gasteiger partial charge in [-0.25, -0.2) is 9.67 Å². The molecular weight excluding hydrogens is 403 g/mol. The van der Waals surface area contributed by atoms with E-state index in [-0.39, 0.29) is 10.7 Å². The monoisotopic (exact) mass is 415 g/mol. The van der Waals surface area contributed by atoms with Crippen LogP contribution in [-0.4, -0.2) is 25.7 Å². The minimum atomic E-state index is -4.46. The second kappa shape index (κ2) is 7.47. The summed E-state index contributed by atoms with van der Waals surface area (Å²) in [7, 11) is 0. The number of hydrogen-bond acceptors (Lipinski definition) is 5. The Labute approximate surface area is 166 Å². The molecule has 0 aliphatic rings. The van der Waals surface area contributed by atoms with Crippen molar-refractivity contribution in [3.05, 3.63) is 78.2 Å². The van der Waals surface area contributed by atoms with Gasteiger partial charge in [-0.15, -0.1) is 0 Å². The van der Waals surface area contributed by atoms with Crippen molar-refractivity contribution in [2.45, 2.75) is 6.18 Å². The van der Waals surface area contributed by atoms with Gasteiger partial charge in [0.1, 0.15) is 10.7 Å². The van der Waals surface area contributed by atoms with Crippen molar-refractivity contribution in [1.29, 1.82) is 0 Å². The van der Waals surface area contributed by atoms with Gasteiger partial charge in [0.25, 0.3) is 5.91 Å². The fourth-order valence-electron chi connectivity index (χ4n) is 2.56. The van der Waals surface area contributed by atoms with Crippen LogP contribution in [0.25, 0.3) is 16.4 Å². The summed E-state index contributed by atoms with van der Waals surface area (Å²) in [6.07, 6.45) is 0.520. The molecule has 1 amide bonds. The topological polar surface area (TPSA) is 72.7 Å². The molecule has 29 heavy (non-hydrogen) atoms. The highest BCUT2D eigenvalue weighted by Gasteiger charge is 2.30. The summed E-state index contributed by atoms with van der Waals surface area (Å²) in [4.78, 5) is 21.2. The molecule has 0 radical (unpaired) electrons. The largest absolute Gasteiger partial charge is 0.416 e. The van der Waals surface area contributed by atoms with Crippen LogP contribution < -0.4 is 5.32 Å². The van der Waals surface area contributed by atoms with E-state index in [2.05, 4.69) is 20.4 Å². The van der Waals surface area contributed by atoms with Crippen LogP contribution in [0.4, 0.5) is 18.3 Å². The number of halogens is 3. The smallest absolute Gasteiger partial charge is 0.298 e. The quantitative estimate of drug-likeness (QED) is 0.526. The first kappa shape index (κ1) is 18.8. The molecule has 0 aliphatic heterocycles. The summed E-state index contributed by atoms with van der Waals surface area (Å²) >= 11 is 1.18. The van der Waals surface area contributed by atoms with Crippen LogP contribution in [0.2, 0.25) is 0 Å². The third-order valence-electron chi connectivity index (χ3n) is 3.92. The molecule has 10 heteroatoms. The number of nitrogens with zero attached hydrogens (tertiary/aromatic N) is 4. The van der Waals surface area contributed by atoms with E-state index >= 15 is 0 Å². The summed E-state index contributed by atoms with van der Waals surface area (Å²) in [6, 6.07) is 11.1. The Bertz CT molecular complexity index is 1120. The predicted molar refractivity (Wildman–Crippen MR) is 102 cm³/mol. The van der Waals surface area contributed by atoms with Crippen LogP contribution in [0, 0.1) is 0 Å². The van der Waals surface area contributed by atoms with Crippen LogP contribution in [0.15, 0.2) is 67.1 Å². The number of benzene rings is 1. The second-order valence-corrected chi connectivity index (χ2v) is 6.85. The maximum Gasteiger partial charge on any atom is 0.416 e. The van der Waals surface area contributed by atoms with Gasteiger partial charge in [0.15, 0.2) is 5.13 Å². The highest BCUT2D eigenvalue weighted by Crippen LogP contribution is 2.33. The number of carbonyl (C=O) groups excluding carboxylic acids is 1. The van der Waals surface area contributed by atoms with Crippen LogP contribution >= 0.6 is 11.3 Å². The van der Waals surface area contributed by atoms with Crippen molar-refractivity contribution in [3.63, 3.8) is 0 Å². The van der Waals surface area contributed by atoms with Gasteiger partial charge in [-0.1, -0.05) is 17.4 Å². The Hall–Kier alpha value is -3.53. The summed E-state index contributed by atoms with van der Waals surface area (Å²) in [5.41, 5.74) is 0.404. The molecule has 0 aliphatic carbocycles. The van der Waals surface area contributed by atoms with Crippen molar-refractivity contribution in [1.82, 2.24) is 19.7 Å². The van der Waals surface area contributed by atoms with E-state index in [0.29, 0.717) is 16.4 Å². The molecule has 0 unspecified atom stereocenters. The number of alkyl halides is 3. The Balaban J connectivity index is 1.63. The van der Waals surface area contributed by atoms with Crippen LogP contribution in [0.1, 0.15) is 15.9 Å². The first-order valence-electron chi connectivity index (χ1n) is 8.33. The van der Waals surface area contributed by atoms with Crippen LogP contribution in [0.5, 0.6) is 0 Å². The van der Waals surface area contributed by atoms with Gasteiger partial charge >= 0.3 is 6.18 Å². The third kappa shape index (κ3) is 4.02. The van der Waals surface area contributed by atoms with Crippen molar-refractivity contribution >= 4 is 22.4 Å². The van der Waals surface area contributed by atoms with Gasteiger partial charge in [-0.3, -0.25) is 15.1 Å². The van der Waals surface area contributed by atoms with Crippen molar-refractivity contribution in [2.75, 3.05) is 5.32 Å². The van der Waals surface area contributed by atoms with E-state index in [4.69, 9.17) is 0 Å². The van der Waals surface area contributed by atoms with Gasteiger partial charge in [0, 0.05) is 24.2 Å². The van der Waals surface area contributed by atoms with Gasteiger partial charge < -0.3 is 0 Å². The number of rotatable bonds is 4. The number of nitrogens with one attached hydrogen (secondary N) is 1. The molecule has 6 nitrogen and oxygen atoms in total. The zero-order chi connectivity index (χ0) is 20.4. The number of carbonyl (C=O) groups is 1. The Morgan fingerprint density at radius 2 is 1.83 bits per heavy atom. The number of amides is 1. The number of aromatic nitrogens is 4. The molecule has 3 heterocycles. The van der Waals surface area contributed by atoms with E-state index in [1.807, 2.05) is 6.07 Å². The van der Waals surface area contributed by atoms with Gasteiger partial charge in [-0.05, 0) is 42.5 Å². The molecule has 1 aromatic carbocycles. The van der Waals surface area contributed by atoms with E-state index in [9.17, 15) is 18.0 Å². The lowest BCUT2D eigenvalue weighted by Gasteiger charge is -2.07. The molecule has 4 aromatic rings. The number of hydrogen-bond donors (Lipinski definition) is 1. The van der Waals surface area contributed by atoms with E-state index < -0.39 is 17.6 Å². The van der Waals surface area contributed by atoms with Crippen LogP contribution in [-0.2, 0) is 6.18 Å². The first-order chi connectivity index (χ1) is 13.9. The Morgan fingerprint density at radius 1 is 1.03 bits per heavy atom. The van der Waals surface area contributed by atoms with Gasteiger partial charge in [0.2, 0.25) is 0 Å². The zero-order valence-corrected chi connectivity index (χ0v) is 15.4. The summed E-state index contributed by atoms with van der Waals surface area (Å²) in [5.74, 6) is -0.563. The summed E-state index contributed by atoms with van der Waals surface area (Å²) < 4.78 is 39.7. The molecular formula is C19H12F3N5OS. The first-order valence-corrected chi connectivity index (χ1v) is 9.14. The maximum atomic E-state index is 12.7. The fourth-order valence-corrected chi connectivity index (χ4v) is 3.47. The van der Waals surface area contributed by atoms with E-state index in [1.54, 1.807) is 41.5 Å². The SMILES string of the molecule is O=C(Nc1nc(-c2ccccn2)c(-n2cccn2)s1)c1ccc(C(F)(F)F)cc1. The zero-order valence-electron chi connectivity index (χ0n) is 14.6. The van der Waals surface area contributed by atoms with Crippen molar-refractivity contribution in [3.8, 4) is 16.4 Å². The second-order valence-electron chi connectivity index (χ2n) is 5.87. The Kier molecular flexibility index (Phi) is 4.85. The minimum absolute atomic E-state index is 0.0909. The van der Waals surface area contributed by atoms with Crippen molar-refractivity contribution in [2.24, 2.45) is 0 Å². The number of pyridine rings is 1. The Morgan fingerprint density at radius 3 is 2.45 bits per heavy atom. The molecule has 0 bridgehead atoms. The summed E-state index contributed by atoms with van der Waals surface area (Å²) in [6.45, 7) is 0. The lowest BCUT2D eigenvalue weighted by atomic mass is 10.1. The molecule has 3 aromatic heterocycles. The average Bonchev–Trinajstić information content (AvgIpc) is 3.38. The molecule has 0 saturated carbocycles. The fraction of sp³-hybridized carbons (Fsp3) is 0.0526. The molecule has 146 valence electrons. The molecule has 0 spiro atoms. The summed E-state index contributed by atoms with van der Waals surface area (Å²) in [5, 5.41) is 7.75. The maximum absolute atomic E-state index is 12.7. The van der Waals surface area contributed by atoms with Gasteiger partial charge in [0.05, 0.1) is 11.3 Å². The highest BCUT2D eigenvalue weighted by molar-refractivity contribution is 7.18. The highest BCUT2D eigenvalue weighted by atomic mass is 32.1. The standard InChI is InChI=1S/C19H12F3N5OS/c20-19(21,22)13-7-5-12(6-8-13)16(28)26-18-25-15(14-4-1-2-9-23-14)17(29-18)27-11-3-10-24-27/h1-11H,(H,25,26,28). The van der Waals surface area contributed by atoms with E-state index in [1.165, 1.54) is 11.3 Å². The number of anilines is 1. The lowest BCUT2D eigenvalue weighted by Crippen LogP contribution is -2.12. The minimum Gasteiger partial charge on any atom is -0.298 e. The number of thiazole rings is 1. The third-order valence-corrected chi connectivity index (χ3v) is 4.88. The average molecular weight is 415 g/mol. The predicted octanol–water partition coefficient (Wildman–Crippen LogP) is 4.66. The van der Waals surface area contributed by atoms with Crippen LogP contribution in [0.3, 0.4) is 0 Å². The van der Waals surface area contributed by atoms with Gasteiger partial charge in [-0.2, -0.15) is 18.3 Å². The normalized spacial score (nSPS) is 11.4. The molecule has 1 N–H and O–H groups in total. The lowest BCUT2D eigenvalue weighted by molar-refractivity contribution is -0.137. The van der Waals surface area contributed by atoms with E-state index in [0.717, 1.165) is 24.3 Å². The molecule has 0 fully saturated rings. The molecule has 0 atom stereocenters. The van der Waals surface area contributed by atoms with Crippen molar-refractivity contribution < 1.29 is 18.0 Å². The molecule has 0 saturated heterocycles.